The van der Waals surface area contributed by atoms with Gasteiger partial charge in [0.1, 0.15) is 5.75 Å². The molecule has 1 aromatic carbocycles. The van der Waals surface area contributed by atoms with Crippen molar-refractivity contribution in [2.24, 2.45) is 5.73 Å². The van der Waals surface area contributed by atoms with E-state index in [-0.39, 0.29) is 12.7 Å². The minimum Gasteiger partial charge on any atom is -0.496 e. The summed E-state index contributed by atoms with van der Waals surface area (Å²) in [5.41, 5.74) is 7.68. The molecule has 0 radical (unpaired) electrons. The molecular formula is C12H19NO3. The number of aliphatic hydroxyl groups excluding tert-OH is 1. The van der Waals surface area contributed by atoms with Crippen LogP contribution < -0.4 is 10.5 Å². The number of rotatable bonds is 6. The standard InChI is InChI=1S/C12H19NO3/c1-9-7-10(3-4-11(9)15-2)12(8-13)16-6-5-14/h3-4,7,12,14H,5-6,8,13H2,1-2H3. The van der Waals surface area contributed by atoms with Crippen molar-refractivity contribution < 1.29 is 14.6 Å². The maximum absolute atomic E-state index is 8.71. The first-order chi connectivity index (χ1) is 7.72. The fourth-order valence-electron chi connectivity index (χ4n) is 1.60. The number of hydrogen-bond acceptors (Lipinski definition) is 4. The average molecular weight is 225 g/mol. The summed E-state index contributed by atoms with van der Waals surface area (Å²) in [6.07, 6.45) is -0.170. The minimum absolute atomic E-state index is 0.00559. The number of aryl methyl sites for hydroxylation is 1. The van der Waals surface area contributed by atoms with Crippen molar-refractivity contribution in [3.63, 3.8) is 0 Å². The molecule has 1 unspecified atom stereocenters. The van der Waals surface area contributed by atoms with E-state index in [1.54, 1.807) is 7.11 Å². The van der Waals surface area contributed by atoms with Crippen LogP contribution in [0.4, 0.5) is 0 Å². The lowest BCUT2D eigenvalue weighted by Gasteiger charge is -2.17. The molecule has 90 valence electrons. The molecule has 3 N–H and O–H groups in total. The molecule has 4 heteroatoms. The third-order valence-electron chi connectivity index (χ3n) is 2.42. The third-order valence-corrected chi connectivity index (χ3v) is 2.42. The van der Waals surface area contributed by atoms with E-state index in [9.17, 15) is 0 Å². The van der Waals surface area contributed by atoms with Gasteiger partial charge in [-0.1, -0.05) is 6.07 Å². The molecule has 0 fully saturated rings. The SMILES string of the molecule is COc1ccc(C(CN)OCCO)cc1C. The Morgan fingerprint density at radius 3 is 2.69 bits per heavy atom. The molecule has 0 aliphatic heterocycles. The summed E-state index contributed by atoms with van der Waals surface area (Å²) < 4.78 is 10.6. The van der Waals surface area contributed by atoms with Crippen LogP contribution in [-0.2, 0) is 4.74 Å². The van der Waals surface area contributed by atoms with Crippen LogP contribution in [0.2, 0.25) is 0 Å². The third kappa shape index (κ3) is 3.20. The topological polar surface area (TPSA) is 64.7 Å². The average Bonchev–Trinajstić information content (AvgIpc) is 2.30. The number of benzene rings is 1. The fourth-order valence-corrected chi connectivity index (χ4v) is 1.60. The van der Waals surface area contributed by atoms with Gasteiger partial charge in [0.25, 0.3) is 0 Å². The molecule has 0 spiro atoms. The molecule has 0 heterocycles. The number of methoxy groups -OCH3 is 1. The van der Waals surface area contributed by atoms with Crippen molar-refractivity contribution in [3.05, 3.63) is 29.3 Å². The molecule has 16 heavy (non-hydrogen) atoms. The van der Waals surface area contributed by atoms with Crippen molar-refractivity contribution >= 4 is 0 Å². The van der Waals surface area contributed by atoms with Gasteiger partial charge in [-0.2, -0.15) is 0 Å². The van der Waals surface area contributed by atoms with Crippen molar-refractivity contribution in [1.29, 1.82) is 0 Å². The minimum atomic E-state index is -0.170. The van der Waals surface area contributed by atoms with E-state index in [1.165, 1.54) is 0 Å². The maximum Gasteiger partial charge on any atom is 0.121 e. The second-order valence-corrected chi connectivity index (χ2v) is 3.55. The zero-order valence-electron chi connectivity index (χ0n) is 9.77. The van der Waals surface area contributed by atoms with Crippen LogP contribution in [0.1, 0.15) is 17.2 Å². The monoisotopic (exact) mass is 225 g/mol. The smallest absolute Gasteiger partial charge is 0.121 e. The van der Waals surface area contributed by atoms with Gasteiger partial charge in [-0.25, -0.2) is 0 Å². The second-order valence-electron chi connectivity index (χ2n) is 3.55. The molecule has 0 amide bonds. The van der Waals surface area contributed by atoms with Crippen molar-refractivity contribution in [3.8, 4) is 5.75 Å². The Balaban J connectivity index is 2.80. The van der Waals surface area contributed by atoms with E-state index in [2.05, 4.69) is 0 Å². The predicted octanol–water partition coefficient (Wildman–Crippen LogP) is 1.01. The number of ether oxygens (including phenoxy) is 2. The molecule has 1 atom stereocenters. The van der Waals surface area contributed by atoms with Gasteiger partial charge in [0.2, 0.25) is 0 Å². The molecule has 0 saturated carbocycles. The largest absolute Gasteiger partial charge is 0.496 e. The Hall–Kier alpha value is -1.10. The van der Waals surface area contributed by atoms with E-state index in [0.29, 0.717) is 13.2 Å². The summed E-state index contributed by atoms with van der Waals surface area (Å²) in [5, 5.41) is 8.71. The first-order valence-corrected chi connectivity index (χ1v) is 5.30. The van der Waals surface area contributed by atoms with Gasteiger partial charge < -0.3 is 20.3 Å². The number of aliphatic hydroxyl groups is 1. The lowest BCUT2D eigenvalue weighted by atomic mass is 10.1. The van der Waals surface area contributed by atoms with Crippen molar-refractivity contribution in [1.82, 2.24) is 0 Å². The molecule has 0 bridgehead atoms. The first kappa shape index (κ1) is 13.0. The van der Waals surface area contributed by atoms with Gasteiger partial charge in [0.15, 0.2) is 0 Å². The molecule has 0 aliphatic carbocycles. The lowest BCUT2D eigenvalue weighted by Crippen LogP contribution is -2.17. The van der Waals surface area contributed by atoms with Gasteiger partial charge >= 0.3 is 0 Å². The zero-order chi connectivity index (χ0) is 12.0. The van der Waals surface area contributed by atoms with E-state index in [4.69, 9.17) is 20.3 Å². The van der Waals surface area contributed by atoms with Crippen LogP contribution in [0.15, 0.2) is 18.2 Å². The molecule has 4 nitrogen and oxygen atoms in total. The summed E-state index contributed by atoms with van der Waals surface area (Å²) in [7, 11) is 1.64. The Morgan fingerprint density at radius 1 is 1.44 bits per heavy atom. The predicted molar refractivity (Wildman–Crippen MR) is 62.6 cm³/mol. The Bertz CT molecular complexity index is 328. The summed E-state index contributed by atoms with van der Waals surface area (Å²) in [6, 6.07) is 5.82. The Labute approximate surface area is 96.0 Å². The lowest BCUT2D eigenvalue weighted by molar-refractivity contribution is 0.0328. The molecule has 0 aliphatic rings. The summed E-state index contributed by atoms with van der Waals surface area (Å²) >= 11 is 0. The molecule has 0 aromatic heterocycles. The van der Waals surface area contributed by atoms with Crippen LogP contribution in [0, 0.1) is 6.92 Å². The Morgan fingerprint density at radius 2 is 2.19 bits per heavy atom. The van der Waals surface area contributed by atoms with Gasteiger partial charge in [-0.05, 0) is 30.2 Å². The van der Waals surface area contributed by atoms with Crippen LogP contribution in [0.5, 0.6) is 5.75 Å². The van der Waals surface area contributed by atoms with E-state index in [1.807, 2.05) is 25.1 Å². The van der Waals surface area contributed by atoms with E-state index in [0.717, 1.165) is 16.9 Å². The second kappa shape index (κ2) is 6.48. The van der Waals surface area contributed by atoms with E-state index < -0.39 is 0 Å². The van der Waals surface area contributed by atoms with E-state index >= 15 is 0 Å². The quantitative estimate of drug-likeness (QED) is 0.758. The van der Waals surface area contributed by atoms with Crippen LogP contribution >= 0.6 is 0 Å². The maximum atomic E-state index is 8.71. The molecule has 1 aromatic rings. The normalized spacial score (nSPS) is 12.5. The fraction of sp³-hybridized carbons (Fsp3) is 0.500. The van der Waals surface area contributed by atoms with Crippen LogP contribution in [0.25, 0.3) is 0 Å². The highest BCUT2D eigenvalue weighted by atomic mass is 16.5. The van der Waals surface area contributed by atoms with Crippen molar-refractivity contribution in [2.45, 2.75) is 13.0 Å². The highest BCUT2D eigenvalue weighted by Gasteiger charge is 2.11. The number of hydrogen-bond donors (Lipinski definition) is 2. The Kier molecular flexibility index (Phi) is 5.25. The van der Waals surface area contributed by atoms with Gasteiger partial charge in [0, 0.05) is 6.54 Å². The van der Waals surface area contributed by atoms with Gasteiger partial charge in [-0.15, -0.1) is 0 Å². The van der Waals surface area contributed by atoms with Crippen LogP contribution in [0.3, 0.4) is 0 Å². The van der Waals surface area contributed by atoms with Crippen molar-refractivity contribution in [2.75, 3.05) is 26.9 Å². The van der Waals surface area contributed by atoms with Gasteiger partial charge in [0.05, 0.1) is 26.4 Å². The van der Waals surface area contributed by atoms with Gasteiger partial charge in [-0.3, -0.25) is 0 Å². The molecule has 0 saturated heterocycles. The highest BCUT2D eigenvalue weighted by Crippen LogP contribution is 2.23. The molecule has 1 rings (SSSR count). The highest BCUT2D eigenvalue weighted by molar-refractivity contribution is 5.37. The summed E-state index contributed by atoms with van der Waals surface area (Å²) in [4.78, 5) is 0. The zero-order valence-corrected chi connectivity index (χ0v) is 9.77. The molecular weight excluding hydrogens is 206 g/mol. The summed E-state index contributed by atoms with van der Waals surface area (Å²) in [6.45, 7) is 2.67. The number of nitrogens with two attached hydrogens (primary N) is 1. The summed E-state index contributed by atoms with van der Waals surface area (Å²) in [5.74, 6) is 0.849. The van der Waals surface area contributed by atoms with Crippen LogP contribution in [-0.4, -0.2) is 32.0 Å². The first-order valence-electron chi connectivity index (χ1n) is 5.30.